The number of likely N-dealkylation sites (tertiary alicyclic amines) is 1. The van der Waals surface area contributed by atoms with Crippen molar-refractivity contribution in [3.63, 3.8) is 0 Å². The van der Waals surface area contributed by atoms with Crippen molar-refractivity contribution in [2.24, 2.45) is 5.92 Å². The number of aromatic nitrogens is 2. The summed E-state index contributed by atoms with van der Waals surface area (Å²) in [7, 11) is 0. The fraction of sp³-hybridized carbons (Fsp3) is 0.550. The van der Waals surface area contributed by atoms with Crippen LogP contribution in [-0.4, -0.2) is 39.9 Å². The minimum absolute atomic E-state index is 0.267. The van der Waals surface area contributed by atoms with Crippen LogP contribution in [0.15, 0.2) is 24.5 Å². The zero-order valence-electron chi connectivity index (χ0n) is 15.0. The number of carbonyl (C=O) groups excluding carboxylic acids is 1. The maximum absolute atomic E-state index is 12.7. The van der Waals surface area contributed by atoms with Gasteiger partial charge < -0.3 is 10.2 Å². The van der Waals surface area contributed by atoms with Gasteiger partial charge in [-0.1, -0.05) is 30.9 Å². The van der Waals surface area contributed by atoms with E-state index < -0.39 is 0 Å². The van der Waals surface area contributed by atoms with E-state index in [0.29, 0.717) is 17.0 Å². The van der Waals surface area contributed by atoms with E-state index in [0.717, 1.165) is 55.5 Å². The zero-order chi connectivity index (χ0) is 17.9. The number of anilines is 1. The number of fused-ring (bicyclic) bond motifs is 1. The average molecular weight is 373 g/mol. The first-order valence-electron chi connectivity index (χ1n) is 9.66. The smallest absolute Gasteiger partial charge is 0.225 e. The normalized spacial score (nSPS) is 19.7. The molecule has 4 rings (SSSR count). The van der Waals surface area contributed by atoms with Crippen LogP contribution in [0.5, 0.6) is 0 Å². The fourth-order valence-electron chi connectivity index (χ4n) is 4.19. The van der Waals surface area contributed by atoms with Crippen molar-refractivity contribution in [3.8, 4) is 0 Å². The van der Waals surface area contributed by atoms with Crippen LogP contribution in [0.1, 0.15) is 44.9 Å². The highest BCUT2D eigenvalue weighted by molar-refractivity contribution is 6.31. The minimum atomic E-state index is 0.267. The molecule has 26 heavy (non-hydrogen) atoms. The highest BCUT2D eigenvalue weighted by Crippen LogP contribution is 2.28. The molecule has 0 bridgehead atoms. The van der Waals surface area contributed by atoms with E-state index in [-0.39, 0.29) is 5.92 Å². The van der Waals surface area contributed by atoms with Gasteiger partial charge in [0.2, 0.25) is 5.91 Å². The van der Waals surface area contributed by atoms with E-state index in [1.165, 1.54) is 19.3 Å². The monoisotopic (exact) mass is 372 g/mol. The van der Waals surface area contributed by atoms with Gasteiger partial charge in [-0.2, -0.15) is 0 Å². The maximum Gasteiger partial charge on any atom is 0.225 e. The quantitative estimate of drug-likeness (QED) is 0.874. The first-order chi connectivity index (χ1) is 12.7. The summed E-state index contributed by atoms with van der Waals surface area (Å²) in [5, 5.41) is 5.21. The number of hydrogen-bond donors (Lipinski definition) is 1. The van der Waals surface area contributed by atoms with Gasteiger partial charge in [-0.15, -0.1) is 0 Å². The molecular weight excluding hydrogens is 348 g/mol. The van der Waals surface area contributed by atoms with E-state index in [1.54, 1.807) is 6.33 Å². The Morgan fingerprint density at radius 3 is 2.62 bits per heavy atom. The third-order valence-electron chi connectivity index (χ3n) is 5.70. The van der Waals surface area contributed by atoms with Crippen molar-refractivity contribution in [2.45, 2.75) is 51.0 Å². The Hall–Kier alpha value is -1.88. The molecule has 1 aliphatic carbocycles. The molecule has 2 aromatic rings. The molecule has 2 aliphatic rings. The topological polar surface area (TPSA) is 58.1 Å². The Bertz CT molecular complexity index is 782. The summed E-state index contributed by atoms with van der Waals surface area (Å²) in [6, 6.07) is 6.01. The van der Waals surface area contributed by atoms with Crippen molar-refractivity contribution >= 4 is 34.2 Å². The number of carbonyl (C=O) groups is 1. The van der Waals surface area contributed by atoms with Crippen LogP contribution >= 0.6 is 11.6 Å². The number of rotatable bonds is 3. The molecule has 1 saturated carbocycles. The lowest BCUT2D eigenvalue weighted by molar-refractivity contribution is -0.137. The van der Waals surface area contributed by atoms with Gasteiger partial charge in [-0.05, 0) is 43.9 Å². The summed E-state index contributed by atoms with van der Waals surface area (Å²) < 4.78 is 0. The molecule has 2 fully saturated rings. The van der Waals surface area contributed by atoms with Gasteiger partial charge in [-0.25, -0.2) is 9.97 Å². The number of amides is 1. The van der Waals surface area contributed by atoms with Gasteiger partial charge in [0, 0.05) is 35.5 Å². The molecule has 1 amide bonds. The molecule has 5 nitrogen and oxygen atoms in total. The molecule has 1 aliphatic heterocycles. The predicted octanol–water partition coefficient (Wildman–Crippen LogP) is 4.27. The standard InChI is InChI=1S/C20H25ClN4O/c21-15-6-7-17-18(12-15)22-13-23-19(17)24-16-8-10-25(11-9-16)20(26)14-4-2-1-3-5-14/h6-7,12-14,16H,1-5,8-11H2,(H,22,23,24). The lowest BCUT2D eigenvalue weighted by atomic mass is 9.87. The van der Waals surface area contributed by atoms with E-state index in [1.807, 2.05) is 18.2 Å². The van der Waals surface area contributed by atoms with Gasteiger partial charge in [-0.3, -0.25) is 4.79 Å². The molecule has 0 unspecified atom stereocenters. The molecule has 1 saturated heterocycles. The van der Waals surface area contributed by atoms with Crippen molar-refractivity contribution in [1.82, 2.24) is 14.9 Å². The van der Waals surface area contributed by atoms with Crippen LogP contribution in [0.3, 0.4) is 0 Å². The Morgan fingerprint density at radius 2 is 1.85 bits per heavy atom. The second-order valence-corrected chi connectivity index (χ2v) is 7.90. The number of nitrogens with one attached hydrogen (secondary N) is 1. The minimum Gasteiger partial charge on any atom is -0.367 e. The van der Waals surface area contributed by atoms with Crippen LogP contribution in [-0.2, 0) is 4.79 Å². The Balaban J connectivity index is 1.37. The SMILES string of the molecule is O=C(C1CCCCC1)N1CCC(Nc2ncnc3cc(Cl)ccc23)CC1. The molecule has 6 heteroatoms. The number of benzene rings is 1. The lowest BCUT2D eigenvalue weighted by Crippen LogP contribution is -2.45. The zero-order valence-corrected chi connectivity index (χ0v) is 15.7. The number of hydrogen-bond acceptors (Lipinski definition) is 4. The lowest BCUT2D eigenvalue weighted by Gasteiger charge is -2.35. The van der Waals surface area contributed by atoms with E-state index in [2.05, 4.69) is 20.2 Å². The fourth-order valence-corrected chi connectivity index (χ4v) is 4.36. The Labute approximate surface area is 159 Å². The van der Waals surface area contributed by atoms with E-state index >= 15 is 0 Å². The van der Waals surface area contributed by atoms with Crippen LogP contribution in [0, 0.1) is 5.92 Å². The van der Waals surface area contributed by atoms with Crippen LogP contribution in [0.25, 0.3) is 10.9 Å². The summed E-state index contributed by atoms with van der Waals surface area (Å²) in [5.74, 6) is 1.50. The molecule has 0 radical (unpaired) electrons. The molecule has 138 valence electrons. The average Bonchev–Trinajstić information content (AvgIpc) is 2.69. The Morgan fingerprint density at radius 1 is 1.08 bits per heavy atom. The van der Waals surface area contributed by atoms with Gasteiger partial charge >= 0.3 is 0 Å². The van der Waals surface area contributed by atoms with Crippen molar-refractivity contribution in [2.75, 3.05) is 18.4 Å². The first-order valence-corrected chi connectivity index (χ1v) is 10.0. The van der Waals surface area contributed by atoms with Crippen LogP contribution in [0.4, 0.5) is 5.82 Å². The van der Waals surface area contributed by atoms with Crippen LogP contribution in [0.2, 0.25) is 5.02 Å². The molecule has 1 N–H and O–H groups in total. The highest BCUT2D eigenvalue weighted by atomic mass is 35.5. The maximum atomic E-state index is 12.7. The first kappa shape index (κ1) is 17.5. The molecule has 0 atom stereocenters. The number of piperidine rings is 1. The summed E-state index contributed by atoms with van der Waals surface area (Å²) in [6.07, 6.45) is 9.34. The van der Waals surface area contributed by atoms with Gasteiger partial charge in [0.15, 0.2) is 0 Å². The van der Waals surface area contributed by atoms with Gasteiger partial charge in [0.25, 0.3) is 0 Å². The van der Waals surface area contributed by atoms with Gasteiger partial charge in [0.05, 0.1) is 5.52 Å². The molecule has 1 aromatic carbocycles. The Kier molecular flexibility index (Phi) is 5.25. The highest BCUT2D eigenvalue weighted by Gasteiger charge is 2.29. The molecule has 2 heterocycles. The van der Waals surface area contributed by atoms with Gasteiger partial charge in [0.1, 0.15) is 12.1 Å². The van der Waals surface area contributed by atoms with Crippen molar-refractivity contribution < 1.29 is 4.79 Å². The summed E-state index contributed by atoms with van der Waals surface area (Å²) >= 11 is 6.05. The number of nitrogens with zero attached hydrogens (tertiary/aromatic N) is 3. The second kappa shape index (κ2) is 7.78. The van der Waals surface area contributed by atoms with E-state index in [9.17, 15) is 4.79 Å². The molecule has 0 spiro atoms. The van der Waals surface area contributed by atoms with Crippen LogP contribution < -0.4 is 5.32 Å². The third-order valence-corrected chi connectivity index (χ3v) is 5.94. The summed E-state index contributed by atoms with van der Waals surface area (Å²) in [4.78, 5) is 23.5. The summed E-state index contributed by atoms with van der Waals surface area (Å²) in [6.45, 7) is 1.67. The number of halogens is 1. The molecule has 1 aromatic heterocycles. The molecular formula is C20H25ClN4O. The van der Waals surface area contributed by atoms with Crippen molar-refractivity contribution in [1.29, 1.82) is 0 Å². The second-order valence-electron chi connectivity index (χ2n) is 7.46. The third kappa shape index (κ3) is 3.78. The predicted molar refractivity (Wildman–Crippen MR) is 104 cm³/mol. The van der Waals surface area contributed by atoms with E-state index in [4.69, 9.17) is 11.6 Å². The van der Waals surface area contributed by atoms with Crippen molar-refractivity contribution in [3.05, 3.63) is 29.5 Å². The summed E-state index contributed by atoms with van der Waals surface area (Å²) in [5.41, 5.74) is 0.847. The largest absolute Gasteiger partial charge is 0.367 e.